The van der Waals surface area contributed by atoms with Crippen molar-refractivity contribution >= 4 is 22.7 Å². The lowest BCUT2D eigenvalue weighted by atomic mass is 9.94. The predicted octanol–water partition coefficient (Wildman–Crippen LogP) is 6.20. The Hall–Kier alpha value is -5.57. The third-order valence-electron chi connectivity index (χ3n) is 7.32. The molecule has 1 atom stereocenters. The van der Waals surface area contributed by atoms with Crippen LogP contribution in [0.25, 0.3) is 11.0 Å². The number of pyridine rings is 1. The largest absolute Gasteiger partial charge is 0.503 e. The molecule has 9 nitrogen and oxygen atoms in total. The molecule has 2 aromatic heterocycles. The number of ether oxygens (including phenoxy) is 3. The number of Topliss-reactive ketones (excluding diaryl/α,β-unsaturated/α-hetero) is 1. The van der Waals surface area contributed by atoms with Crippen molar-refractivity contribution in [3.63, 3.8) is 0 Å². The maximum atomic E-state index is 14.0. The van der Waals surface area contributed by atoms with Gasteiger partial charge in [-0.2, -0.15) is 0 Å². The van der Waals surface area contributed by atoms with E-state index in [4.69, 9.17) is 18.6 Å². The predicted molar refractivity (Wildman–Crippen MR) is 158 cm³/mol. The number of hydrogen-bond acceptors (Lipinski definition) is 8. The van der Waals surface area contributed by atoms with E-state index < -0.39 is 23.5 Å². The van der Waals surface area contributed by atoms with Crippen LogP contribution in [0.5, 0.6) is 17.2 Å². The van der Waals surface area contributed by atoms with Crippen molar-refractivity contribution in [3.8, 4) is 17.2 Å². The number of hydrogen-bond donors (Lipinski definition) is 1. The van der Waals surface area contributed by atoms with Gasteiger partial charge in [0.2, 0.25) is 5.78 Å². The van der Waals surface area contributed by atoms with Crippen LogP contribution in [0.1, 0.15) is 33.3 Å². The number of aliphatic hydroxyl groups excluding tert-OH is 1. The van der Waals surface area contributed by atoms with Crippen molar-refractivity contribution < 1.29 is 33.3 Å². The SMILES string of the molecule is COc1cc(C2C(C(=O)c3cc4cccc(OC)c4o3)=C(O)C(=O)N2Cc2cccnc2)ccc1OCc1ccccc1. The molecule has 1 N–H and O–H groups in total. The molecule has 216 valence electrons. The average molecular weight is 577 g/mol. The molecule has 6 rings (SSSR count). The molecule has 1 amide bonds. The molecule has 0 bridgehead atoms. The zero-order chi connectivity index (χ0) is 29.9. The van der Waals surface area contributed by atoms with Gasteiger partial charge in [0.05, 0.1) is 25.8 Å². The number of methoxy groups -OCH3 is 2. The number of ketones is 1. The van der Waals surface area contributed by atoms with Crippen LogP contribution in [0.15, 0.2) is 113 Å². The summed E-state index contributed by atoms with van der Waals surface area (Å²) in [5, 5.41) is 11.8. The van der Waals surface area contributed by atoms with Crippen LogP contribution in [-0.4, -0.2) is 40.9 Å². The van der Waals surface area contributed by atoms with Crippen molar-refractivity contribution in [2.45, 2.75) is 19.2 Å². The first-order chi connectivity index (χ1) is 21.0. The van der Waals surface area contributed by atoms with Crippen LogP contribution in [0.4, 0.5) is 0 Å². The van der Waals surface area contributed by atoms with E-state index in [0.29, 0.717) is 40.4 Å². The van der Waals surface area contributed by atoms with Crippen LogP contribution < -0.4 is 14.2 Å². The van der Waals surface area contributed by atoms with Crippen LogP contribution in [-0.2, 0) is 17.9 Å². The fourth-order valence-electron chi connectivity index (χ4n) is 5.23. The molecule has 1 unspecified atom stereocenters. The summed E-state index contributed by atoms with van der Waals surface area (Å²) in [5.74, 6) is -0.618. The zero-order valence-corrected chi connectivity index (χ0v) is 23.5. The number of benzene rings is 3. The fourth-order valence-corrected chi connectivity index (χ4v) is 5.23. The van der Waals surface area contributed by atoms with E-state index in [1.54, 1.807) is 60.9 Å². The molecule has 1 aliphatic rings. The smallest absolute Gasteiger partial charge is 0.290 e. The summed E-state index contributed by atoms with van der Waals surface area (Å²) >= 11 is 0. The number of nitrogens with zero attached hydrogens (tertiary/aromatic N) is 2. The highest BCUT2D eigenvalue weighted by Crippen LogP contribution is 2.43. The first-order valence-corrected chi connectivity index (χ1v) is 13.6. The van der Waals surface area contributed by atoms with Gasteiger partial charge in [0.25, 0.3) is 5.91 Å². The van der Waals surface area contributed by atoms with Crippen LogP contribution in [0, 0.1) is 0 Å². The molecule has 3 aromatic carbocycles. The maximum absolute atomic E-state index is 14.0. The quantitative estimate of drug-likeness (QED) is 0.196. The number of para-hydroxylation sites is 1. The van der Waals surface area contributed by atoms with Gasteiger partial charge in [0.1, 0.15) is 6.61 Å². The summed E-state index contributed by atoms with van der Waals surface area (Å²) in [4.78, 5) is 33.2. The number of rotatable bonds is 10. The Balaban J connectivity index is 1.40. The van der Waals surface area contributed by atoms with Gasteiger partial charge in [-0.3, -0.25) is 14.6 Å². The summed E-state index contributed by atoms with van der Waals surface area (Å²) in [6, 6.07) is 24.4. The molecule has 3 heterocycles. The molecule has 1 aliphatic heterocycles. The molecule has 0 spiro atoms. The number of fused-ring (bicyclic) bond motifs is 1. The maximum Gasteiger partial charge on any atom is 0.290 e. The molecular weight excluding hydrogens is 548 g/mol. The van der Waals surface area contributed by atoms with Crippen molar-refractivity contribution in [2.24, 2.45) is 0 Å². The Morgan fingerprint density at radius 3 is 2.44 bits per heavy atom. The van der Waals surface area contributed by atoms with Gasteiger partial charge in [-0.1, -0.05) is 54.6 Å². The minimum atomic E-state index is -0.951. The number of aromatic nitrogens is 1. The molecule has 0 radical (unpaired) electrons. The number of carbonyl (C=O) groups is 2. The Kier molecular flexibility index (Phi) is 7.53. The van der Waals surface area contributed by atoms with E-state index in [2.05, 4.69) is 4.98 Å². The highest BCUT2D eigenvalue weighted by molar-refractivity contribution is 6.16. The van der Waals surface area contributed by atoms with Crippen LogP contribution >= 0.6 is 0 Å². The summed E-state index contributed by atoms with van der Waals surface area (Å²) in [5.41, 5.74) is 2.55. The molecule has 9 heteroatoms. The molecule has 5 aromatic rings. The molecule has 0 aliphatic carbocycles. The van der Waals surface area contributed by atoms with E-state index in [1.165, 1.54) is 19.1 Å². The van der Waals surface area contributed by atoms with Gasteiger partial charge in [-0.25, -0.2) is 0 Å². The summed E-state index contributed by atoms with van der Waals surface area (Å²) in [7, 11) is 3.03. The number of amides is 1. The van der Waals surface area contributed by atoms with E-state index in [0.717, 1.165) is 11.1 Å². The van der Waals surface area contributed by atoms with E-state index in [-0.39, 0.29) is 17.9 Å². The number of furan rings is 1. The Morgan fingerprint density at radius 2 is 1.70 bits per heavy atom. The summed E-state index contributed by atoms with van der Waals surface area (Å²) in [6.07, 6.45) is 3.26. The Morgan fingerprint density at radius 1 is 0.907 bits per heavy atom. The summed E-state index contributed by atoms with van der Waals surface area (Å²) < 4.78 is 23.0. The number of carbonyl (C=O) groups excluding carboxylic acids is 2. The van der Waals surface area contributed by atoms with Gasteiger partial charge in [-0.05, 0) is 47.0 Å². The molecular formula is C34H28N2O7. The first kappa shape index (κ1) is 27.6. The van der Waals surface area contributed by atoms with Crippen LogP contribution in [0.2, 0.25) is 0 Å². The van der Waals surface area contributed by atoms with E-state index >= 15 is 0 Å². The minimum absolute atomic E-state index is 0.0307. The third kappa shape index (κ3) is 5.28. The minimum Gasteiger partial charge on any atom is -0.503 e. The van der Waals surface area contributed by atoms with Gasteiger partial charge in [0.15, 0.2) is 34.4 Å². The third-order valence-corrected chi connectivity index (χ3v) is 7.32. The standard InChI is InChI=1S/C34H28N2O7/c1-40-26-12-6-11-24-17-28(43-33(24)26)31(37)29-30(36(34(39)32(29)38)19-22-10-7-15-35-18-22)23-13-14-25(27(16-23)41-2)42-20-21-8-4-3-5-9-21/h3-18,30,38H,19-20H2,1-2H3. The normalized spacial score (nSPS) is 14.8. The highest BCUT2D eigenvalue weighted by atomic mass is 16.5. The van der Waals surface area contributed by atoms with Crippen molar-refractivity contribution in [1.82, 2.24) is 9.88 Å². The lowest BCUT2D eigenvalue weighted by Crippen LogP contribution is -2.30. The van der Waals surface area contributed by atoms with Crippen LogP contribution in [0.3, 0.4) is 0 Å². The van der Waals surface area contributed by atoms with Crippen molar-refractivity contribution in [3.05, 3.63) is 131 Å². The monoisotopic (exact) mass is 576 g/mol. The second-order valence-corrected chi connectivity index (χ2v) is 9.96. The van der Waals surface area contributed by atoms with Gasteiger partial charge in [0, 0.05) is 24.3 Å². The molecule has 0 saturated carbocycles. The fraction of sp³-hybridized carbons (Fsp3) is 0.147. The Labute approximate surface area is 247 Å². The zero-order valence-electron chi connectivity index (χ0n) is 23.5. The summed E-state index contributed by atoms with van der Waals surface area (Å²) in [6.45, 7) is 0.423. The lowest BCUT2D eigenvalue weighted by Gasteiger charge is -2.27. The van der Waals surface area contributed by atoms with Gasteiger partial charge >= 0.3 is 0 Å². The lowest BCUT2D eigenvalue weighted by molar-refractivity contribution is -0.130. The van der Waals surface area contributed by atoms with Crippen molar-refractivity contribution in [2.75, 3.05) is 14.2 Å². The topological polar surface area (TPSA) is 111 Å². The van der Waals surface area contributed by atoms with Gasteiger partial charge in [-0.15, -0.1) is 0 Å². The Bertz CT molecular complexity index is 1830. The van der Waals surface area contributed by atoms with Gasteiger partial charge < -0.3 is 28.6 Å². The van der Waals surface area contributed by atoms with Crippen molar-refractivity contribution in [1.29, 1.82) is 0 Å². The highest BCUT2D eigenvalue weighted by Gasteiger charge is 2.45. The first-order valence-electron chi connectivity index (χ1n) is 13.6. The molecule has 0 fully saturated rings. The molecule has 0 saturated heterocycles. The average Bonchev–Trinajstić information content (AvgIpc) is 3.60. The second kappa shape index (κ2) is 11.7. The second-order valence-electron chi connectivity index (χ2n) is 9.96. The molecule has 43 heavy (non-hydrogen) atoms. The van der Waals surface area contributed by atoms with E-state index in [1.807, 2.05) is 36.4 Å². The van der Waals surface area contributed by atoms with E-state index in [9.17, 15) is 14.7 Å². The number of aliphatic hydroxyl groups is 1.